The van der Waals surface area contributed by atoms with E-state index < -0.39 is 0 Å². The minimum Gasteiger partial charge on any atom is -0.392 e. The molecule has 0 amide bonds. The monoisotopic (exact) mass is 322 g/mol. The Morgan fingerprint density at radius 2 is 1.88 bits per heavy atom. The average molecular weight is 322 g/mol. The molecule has 5 nitrogen and oxygen atoms in total. The summed E-state index contributed by atoms with van der Waals surface area (Å²) >= 11 is 0. The third kappa shape index (κ3) is 3.37. The molecule has 3 rings (SSSR count). The van der Waals surface area contributed by atoms with Crippen LogP contribution in [0.4, 0.5) is 0 Å². The predicted octanol–water partition coefficient (Wildman–Crippen LogP) is 2.92. The van der Waals surface area contributed by atoms with E-state index in [4.69, 9.17) is 0 Å². The molecule has 0 spiro atoms. The number of hydrogen-bond acceptors (Lipinski definition) is 4. The van der Waals surface area contributed by atoms with E-state index in [1.165, 1.54) is 0 Å². The van der Waals surface area contributed by atoms with Crippen molar-refractivity contribution in [1.29, 1.82) is 0 Å². The largest absolute Gasteiger partial charge is 0.392 e. The van der Waals surface area contributed by atoms with E-state index in [0.717, 1.165) is 28.2 Å². The van der Waals surface area contributed by atoms with E-state index in [2.05, 4.69) is 29.2 Å². The van der Waals surface area contributed by atoms with Crippen molar-refractivity contribution in [2.75, 3.05) is 0 Å². The second-order valence-electron chi connectivity index (χ2n) is 5.81. The summed E-state index contributed by atoms with van der Waals surface area (Å²) in [5, 5.41) is 17.4. The molecule has 2 aromatic heterocycles. The summed E-state index contributed by atoms with van der Waals surface area (Å²) in [6, 6.07) is 13.9. The normalized spacial score (nSPS) is 12.3. The molecule has 0 radical (unpaired) electrons. The second-order valence-corrected chi connectivity index (χ2v) is 5.81. The first-order chi connectivity index (χ1) is 11.7. The first kappa shape index (κ1) is 16.4. The molecule has 0 aliphatic rings. The van der Waals surface area contributed by atoms with Crippen molar-refractivity contribution >= 4 is 0 Å². The molecule has 0 bridgehead atoms. The van der Waals surface area contributed by atoms with Gasteiger partial charge < -0.3 is 10.4 Å². The van der Waals surface area contributed by atoms with Crippen molar-refractivity contribution in [3.63, 3.8) is 0 Å². The van der Waals surface area contributed by atoms with Gasteiger partial charge in [-0.15, -0.1) is 0 Å². The number of hydrogen-bond donors (Lipinski definition) is 2. The Morgan fingerprint density at radius 3 is 2.58 bits per heavy atom. The first-order valence-electron chi connectivity index (χ1n) is 8.07. The number of benzene rings is 1. The van der Waals surface area contributed by atoms with Crippen LogP contribution >= 0.6 is 0 Å². The smallest absolute Gasteiger partial charge is 0.153 e. The highest BCUT2D eigenvalue weighted by Crippen LogP contribution is 2.20. The van der Waals surface area contributed by atoms with Gasteiger partial charge in [0.05, 0.1) is 12.8 Å². The molecule has 3 aromatic rings. The van der Waals surface area contributed by atoms with Gasteiger partial charge in [-0.05, 0) is 37.1 Å². The lowest BCUT2D eigenvalue weighted by molar-refractivity contribution is 0.280. The Labute approximate surface area is 142 Å². The van der Waals surface area contributed by atoms with E-state index in [1.54, 1.807) is 6.20 Å². The lowest BCUT2D eigenvalue weighted by Gasteiger charge is -2.15. The Morgan fingerprint density at radius 1 is 1.12 bits per heavy atom. The zero-order valence-electron chi connectivity index (χ0n) is 14.0. The number of nitrogens with zero attached hydrogens (tertiary/aromatic N) is 3. The van der Waals surface area contributed by atoms with Crippen LogP contribution in [0.15, 0.2) is 54.9 Å². The number of aliphatic hydroxyl groups is 1. The molecule has 0 fully saturated rings. The molecule has 0 aliphatic heterocycles. The highest BCUT2D eigenvalue weighted by atomic mass is 16.3. The van der Waals surface area contributed by atoms with Crippen molar-refractivity contribution in [1.82, 2.24) is 20.1 Å². The van der Waals surface area contributed by atoms with Crippen molar-refractivity contribution < 1.29 is 5.11 Å². The lowest BCUT2D eigenvalue weighted by atomic mass is 10.1. The average Bonchev–Trinajstić information content (AvgIpc) is 3.02. The van der Waals surface area contributed by atoms with Crippen LogP contribution in [0.3, 0.4) is 0 Å². The third-order valence-corrected chi connectivity index (χ3v) is 4.27. The molecule has 0 saturated heterocycles. The molecule has 24 heavy (non-hydrogen) atoms. The SMILES string of the molecule is Cc1c(C(C)NCc2ccccc2CO)cnn1-c1ccccn1. The number of pyridine rings is 1. The zero-order chi connectivity index (χ0) is 16.9. The van der Waals surface area contributed by atoms with Gasteiger partial charge in [0.25, 0.3) is 0 Å². The van der Waals surface area contributed by atoms with Gasteiger partial charge in [-0.2, -0.15) is 5.10 Å². The van der Waals surface area contributed by atoms with Gasteiger partial charge >= 0.3 is 0 Å². The fraction of sp³-hybridized carbons (Fsp3) is 0.263. The van der Waals surface area contributed by atoms with Crippen LogP contribution in [-0.4, -0.2) is 19.9 Å². The van der Waals surface area contributed by atoms with Crippen LogP contribution in [0.25, 0.3) is 5.82 Å². The summed E-state index contributed by atoms with van der Waals surface area (Å²) in [4.78, 5) is 4.35. The molecule has 5 heteroatoms. The van der Waals surface area contributed by atoms with Gasteiger partial charge in [-0.1, -0.05) is 30.3 Å². The molecule has 124 valence electrons. The third-order valence-electron chi connectivity index (χ3n) is 4.27. The Balaban J connectivity index is 1.74. The Hall–Kier alpha value is -2.50. The Bertz CT molecular complexity index is 798. The van der Waals surface area contributed by atoms with Crippen LogP contribution in [0, 0.1) is 6.92 Å². The molecule has 2 N–H and O–H groups in total. The number of aromatic nitrogens is 3. The van der Waals surface area contributed by atoms with Gasteiger partial charge in [-0.3, -0.25) is 0 Å². The van der Waals surface area contributed by atoms with Crippen molar-refractivity contribution in [3.05, 3.63) is 77.2 Å². The molecule has 2 heterocycles. The second kappa shape index (κ2) is 7.38. The fourth-order valence-corrected chi connectivity index (χ4v) is 2.81. The summed E-state index contributed by atoms with van der Waals surface area (Å²) in [6.07, 6.45) is 3.66. The van der Waals surface area contributed by atoms with Gasteiger partial charge in [0.2, 0.25) is 0 Å². The molecular formula is C19H22N4O. The number of rotatable bonds is 6. The number of aliphatic hydroxyl groups excluding tert-OH is 1. The van der Waals surface area contributed by atoms with Gasteiger partial charge in [0, 0.05) is 30.0 Å². The minimum atomic E-state index is 0.0584. The van der Waals surface area contributed by atoms with Crippen LogP contribution in [0.5, 0.6) is 0 Å². The summed E-state index contributed by atoms with van der Waals surface area (Å²) in [7, 11) is 0. The maximum atomic E-state index is 9.43. The van der Waals surface area contributed by atoms with Crippen molar-refractivity contribution in [3.8, 4) is 5.82 Å². The van der Waals surface area contributed by atoms with Crippen LogP contribution in [-0.2, 0) is 13.2 Å². The van der Waals surface area contributed by atoms with Crippen molar-refractivity contribution in [2.45, 2.75) is 33.0 Å². The van der Waals surface area contributed by atoms with Gasteiger partial charge in [0.1, 0.15) is 0 Å². The summed E-state index contributed by atoms with van der Waals surface area (Å²) in [6.45, 7) is 4.93. The van der Waals surface area contributed by atoms with Gasteiger partial charge in [-0.25, -0.2) is 9.67 Å². The van der Waals surface area contributed by atoms with Crippen LogP contribution in [0.1, 0.15) is 35.3 Å². The van der Waals surface area contributed by atoms with Gasteiger partial charge in [0.15, 0.2) is 5.82 Å². The zero-order valence-corrected chi connectivity index (χ0v) is 14.0. The quantitative estimate of drug-likeness (QED) is 0.732. The summed E-state index contributed by atoms with van der Waals surface area (Å²) in [5.41, 5.74) is 4.28. The molecule has 0 aliphatic carbocycles. The molecule has 1 atom stereocenters. The Kier molecular flexibility index (Phi) is 5.03. The fourth-order valence-electron chi connectivity index (χ4n) is 2.81. The van der Waals surface area contributed by atoms with E-state index in [9.17, 15) is 5.11 Å². The van der Waals surface area contributed by atoms with Crippen LogP contribution in [0.2, 0.25) is 0 Å². The molecule has 1 aromatic carbocycles. The topological polar surface area (TPSA) is 63.0 Å². The molecule has 1 unspecified atom stereocenters. The maximum absolute atomic E-state index is 9.43. The maximum Gasteiger partial charge on any atom is 0.153 e. The standard InChI is InChI=1S/C19H22N4O/c1-14(21-11-16-7-3-4-8-17(16)13-24)18-12-22-23(15(18)2)19-9-5-6-10-20-19/h3-10,12,14,21,24H,11,13H2,1-2H3. The highest BCUT2D eigenvalue weighted by Gasteiger charge is 2.14. The van der Waals surface area contributed by atoms with E-state index >= 15 is 0 Å². The molecular weight excluding hydrogens is 300 g/mol. The summed E-state index contributed by atoms with van der Waals surface area (Å²) in [5.74, 6) is 0.819. The van der Waals surface area contributed by atoms with E-state index in [0.29, 0.717) is 6.54 Å². The molecule has 0 saturated carbocycles. The highest BCUT2D eigenvalue weighted by molar-refractivity contribution is 5.30. The first-order valence-corrected chi connectivity index (χ1v) is 8.07. The lowest BCUT2D eigenvalue weighted by Crippen LogP contribution is -2.19. The summed E-state index contributed by atoms with van der Waals surface area (Å²) < 4.78 is 1.86. The predicted molar refractivity (Wildman–Crippen MR) is 93.7 cm³/mol. The minimum absolute atomic E-state index is 0.0584. The van der Waals surface area contributed by atoms with Crippen LogP contribution < -0.4 is 5.32 Å². The van der Waals surface area contributed by atoms with E-state index in [1.807, 2.05) is 53.3 Å². The number of nitrogens with one attached hydrogen (secondary N) is 1. The van der Waals surface area contributed by atoms with Crippen molar-refractivity contribution in [2.24, 2.45) is 0 Å². The van der Waals surface area contributed by atoms with E-state index in [-0.39, 0.29) is 12.6 Å².